The third-order valence-electron chi connectivity index (χ3n) is 3.48. The van der Waals surface area contributed by atoms with Gasteiger partial charge in [0.05, 0.1) is 0 Å². The van der Waals surface area contributed by atoms with E-state index in [2.05, 4.69) is 6.92 Å². The Bertz CT molecular complexity index is 346. The molecule has 142 valence electrons. The molecular formula is C17H33NO6. The molecule has 0 spiro atoms. The number of rotatable bonds is 14. The van der Waals surface area contributed by atoms with Gasteiger partial charge < -0.3 is 21.1 Å². The molecule has 0 amide bonds. The van der Waals surface area contributed by atoms with Crippen LogP contribution < -0.4 is 5.73 Å². The molecule has 5 N–H and O–H groups in total. The summed E-state index contributed by atoms with van der Waals surface area (Å²) in [6, 6.07) is -1.06. The Balaban J connectivity index is 0. The minimum absolute atomic E-state index is 0.0231. The Morgan fingerprint density at radius 2 is 1.17 bits per heavy atom. The third-order valence-corrected chi connectivity index (χ3v) is 3.48. The van der Waals surface area contributed by atoms with Crippen LogP contribution in [-0.4, -0.2) is 39.3 Å². The Morgan fingerprint density at radius 1 is 0.750 bits per heavy atom. The van der Waals surface area contributed by atoms with Crippen LogP contribution in [0.25, 0.3) is 0 Å². The van der Waals surface area contributed by atoms with Gasteiger partial charge in [-0.1, -0.05) is 58.3 Å². The van der Waals surface area contributed by atoms with Crippen molar-refractivity contribution in [1.29, 1.82) is 0 Å². The zero-order valence-corrected chi connectivity index (χ0v) is 14.7. The van der Waals surface area contributed by atoms with Gasteiger partial charge in [0, 0.05) is 12.8 Å². The molecule has 0 bridgehead atoms. The van der Waals surface area contributed by atoms with Gasteiger partial charge in [0.2, 0.25) is 0 Å². The van der Waals surface area contributed by atoms with E-state index >= 15 is 0 Å². The molecule has 7 heteroatoms. The minimum Gasteiger partial charge on any atom is -0.481 e. The number of carboxylic acid groups (broad SMARTS) is 3. The van der Waals surface area contributed by atoms with Crippen molar-refractivity contribution in [2.45, 2.75) is 90.0 Å². The summed E-state index contributed by atoms with van der Waals surface area (Å²) >= 11 is 0. The maximum Gasteiger partial charge on any atom is 0.320 e. The first kappa shape index (κ1) is 24.6. The zero-order valence-electron chi connectivity index (χ0n) is 14.7. The lowest BCUT2D eigenvalue weighted by Crippen LogP contribution is -2.30. The second-order valence-electron chi connectivity index (χ2n) is 5.85. The number of hydrogen-bond donors (Lipinski definition) is 4. The molecular weight excluding hydrogens is 314 g/mol. The predicted molar refractivity (Wildman–Crippen MR) is 92.0 cm³/mol. The molecule has 0 fully saturated rings. The van der Waals surface area contributed by atoms with Crippen molar-refractivity contribution in [1.82, 2.24) is 0 Å². The molecule has 0 aromatic heterocycles. The maximum absolute atomic E-state index is 10.2. The molecule has 0 aromatic rings. The monoisotopic (exact) mass is 347 g/mol. The molecule has 1 unspecified atom stereocenters. The number of unbranched alkanes of at least 4 members (excludes halogenated alkanes) is 8. The van der Waals surface area contributed by atoms with E-state index in [4.69, 9.17) is 21.1 Å². The van der Waals surface area contributed by atoms with Crippen LogP contribution in [0.3, 0.4) is 0 Å². The molecule has 0 rings (SSSR count). The van der Waals surface area contributed by atoms with Gasteiger partial charge in [-0.3, -0.25) is 14.4 Å². The van der Waals surface area contributed by atoms with Crippen molar-refractivity contribution >= 4 is 17.9 Å². The van der Waals surface area contributed by atoms with E-state index in [1.165, 1.54) is 44.9 Å². The van der Waals surface area contributed by atoms with Gasteiger partial charge in [-0.2, -0.15) is 0 Å². The average Bonchev–Trinajstić information content (AvgIpc) is 2.51. The fourth-order valence-electron chi connectivity index (χ4n) is 1.99. The van der Waals surface area contributed by atoms with Crippen LogP contribution in [0.15, 0.2) is 0 Å². The highest BCUT2D eigenvalue weighted by Crippen LogP contribution is 2.10. The van der Waals surface area contributed by atoms with E-state index in [1.807, 2.05) is 0 Å². The second kappa shape index (κ2) is 17.7. The molecule has 0 heterocycles. The Hall–Kier alpha value is -1.63. The van der Waals surface area contributed by atoms with Gasteiger partial charge in [0.15, 0.2) is 0 Å². The Kier molecular flexibility index (Phi) is 18.2. The average molecular weight is 347 g/mol. The molecule has 1 atom stereocenters. The Morgan fingerprint density at radius 3 is 1.54 bits per heavy atom. The quantitative estimate of drug-likeness (QED) is 0.354. The minimum atomic E-state index is -1.17. The van der Waals surface area contributed by atoms with Crippen LogP contribution >= 0.6 is 0 Å². The molecule has 0 aliphatic carbocycles. The lowest BCUT2D eigenvalue weighted by Gasteiger charge is -2.01. The van der Waals surface area contributed by atoms with Gasteiger partial charge in [0.1, 0.15) is 6.04 Å². The van der Waals surface area contributed by atoms with E-state index in [1.54, 1.807) is 0 Å². The van der Waals surface area contributed by atoms with E-state index in [0.717, 1.165) is 12.8 Å². The smallest absolute Gasteiger partial charge is 0.320 e. The summed E-state index contributed by atoms with van der Waals surface area (Å²) < 4.78 is 0. The van der Waals surface area contributed by atoms with Crippen LogP contribution in [-0.2, 0) is 14.4 Å². The van der Waals surface area contributed by atoms with E-state index < -0.39 is 23.9 Å². The summed E-state index contributed by atoms with van der Waals surface area (Å²) in [6.07, 6.45) is 11.3. The largest absolute Gasteiger partial charge is 0.481 e. The maximum atomic E-state index is 10.2. The fourth-order valence-corrected chi connectivity index (χ4v) is 1.99. The lowest BCUT2D eigenvalue weighted by molar-refractivity contribution is -0.140. The Labute approximate surface area is 144 Å². The first-order valence-corrected chi connectivity index (χ1v) is 8.73. The summed E-state index contributed by atoms with van der Waals surface area (Å²) in [6.45, 7) is 2.23. The molecule has 0 aromatic carbocycles. The van der Waals surface area contributed by atoms with Crippen molar-refractivity contribution in [3.05, 3.63) is 0 Å². The molecule has 0 saturated heterocycles. The van der Waals surface area contributed by atoms with E-state index in [9.17, 15) is 14.4 Å². The highest BCUT2D eigenvalue weighted by Gasteiger charge is 2.12. The van der Waals surface area contributed by atoms with Crippen LogP contribution in [0.2, 0.25) is 0 Å². The SMILES string of the molecule is CCCCCCCCCCCC(=O)O.NC(CCC(=O)O)C(=O)O. The highest BCUT2D eigenvalue weighted by molar-refractivity contribution is 5.74. The van der Waals surface area contributed by atoms with Crippen molar-refractivity contribution in [3.8, 4) is 0 Å². The molecule has 24 heavy (non-hydrogen) atoms. The molecule has 7 nitrogen and oxygen atoms in total. The molecule has 0 radical (unpaired) electrons. The number of carboxylic acids is 3. The van der Waals surface area contributed by atoms with Crippen LogP contribution in [0.4, 0.5) is 0 Å². The van der Waals surface area contributed by atoms with E-state index in [-0.39, 0.29) is 12.8 Å². The van der Waals surface area contributed by atoms with Crippen molar-refractivity contribution in [2.24, 2.45) is 5.73 Å². The first-order chi connectivity index (χ1) is 11.3. The first-order valence-electron chi connectivity index (χ1n) is 8.73. The summed E-state index contributed by atoms with van der Waals surface area (Å²) in [7, 11) is 0. The second-order valence-corrected chi connectivity index (χ2v) is 5.85. The van der Waals surface area contributed by atoms with Crippen LogP contribution in [0.1, 0.15) is 84.0 Å². The topological polar surface area (TPSA) is 138 Å². The summed E-state index contributed by atoms with van der Waals surface area (Å²) in [5.41, 5.74) is 5.00. The summed E-state index contributed by atoms with van der Waals surface area (Å²) in [5.74, 6) is -2.86. The summed E-state index contributed by atoms with van der Waals surface area (Å²) in [5, 5.41) is 24.7. The highest BCUT2D eigenvalue weighted by atomic mass is 16.4. The lowest BCUT2D eigenvalue weighted by atomic mass is 10.1. The number of aliphatic carboxylic acids is 3. The molecule has 0 aliphatic rings. The van der Waals surface area contributed by atoms with Gasteiger partial charge in [-0.05, 0) is 12.8 Å². The molecule has 0 saturated carbocycles. The number of nitrogens with two attached hydrogens (primary N) is 1. The number of hydrogen-bond acceptors (Lipinski definition) is 4. The van der Waals surface area contributed by atoms with Crippen molar-refractivity contribution in [3.63, 3.8) is 0 Å². The fraction of sp³-hybridized carbons (Fsp3) is 0.824. The van der Waals surface area contributed by atoms with Crippen LogP contribution in [0.5, 0.6) is 0 Å². The van der Waals surface area contributed by atoms with Gasteiger partial charge >= 0.3 is 17.9 Å². The third kappa shape index (κ3) is 22.6. The molecule has 0 aliphatic heterocycles. The normalized spacial score (nSPS) is 11.2. The zero-order chi connectivity index (χ0) is 18.8. The van der Waals surface area contributed by atoms with Crippen LogP contribution in [0, 0.1) is 0 Å². The van der Waals surface area contributed by atoms with Crippen molar-refractivity contribution < 1.29 is 29.7 Å². The summed E-state index contributed by atoms with van der Waals surface area (Å²) in [4.78, 5) is 30.1. The number of carbonyl (C=O) groups is 3. The van der Waals surface area contributed by atoms with Gasteiger partial charge in [-0.15, -0.1) is 0 Å². The predicted octanol–water partition coefficient (Wildman–Crippen LogP) is 3.26. The standard InChI is InChI=1S/C12H24O2.C5H9NO4/c1-2-3-4-5-6-7-8-9-10-11-12(13)14;6-3(5(9)10)1-2-4(7)8/h2-11H2,1H3,(H,13,14);3H,1-2,6H2,(H,7,8)(H,9,10). The van der Waals surface area contributed by atoms with Gasteiger partial charge in [-0.25, -0.2) is 0 Å². The van der Waals surface area contributed by atoms with Gasteiger partial charge in [0.25, 0.3) is 0 Å². The van der Waals surface area contributed by atoms with Crippen molar-refractivity contribution in [2.75, 3.05) is 0 Å². The van der Waals surface area contributed by atoms with E-state index in [0.29, 0.717) is 6.42 Å².